The van der Waals surface area contributed by atoms with Gasteiger partial charge in [0.15, 0.2) is 0 Å². The molecule has 1 N–H and O–H groups in total. The van der Waals surface area contributed by atoms with Crippen LogP contribution in [0.15, 0.2) is 59.8 Å². The highest BCUT2D eigenvalue weighted by Crippen LogP contribution is 2.26. The Hall–Kier alpha value is -3.21. The molecule has 0 saturated carbocycles. The average Bonchev–Trinajstić information content (AvgIpc) is 2.62. The van der Waals surface area contributed by atoms with Gasteiger partial charge in [-0.25, -0.2) is 5.43 Å². The molecular weight excluding hydrogens is 302 g/mol. The van der Waals surface area contributed by atoms with Gasteiger partial charge in [0.25, 0.3) is 5.91 Å². The first-order chi connectivity index (χ1) is 11.7. The van der Waals surface area contributed by atoms with E-state index < -0.39 is 0 Å². The summed E-state index contributed by atoms with van der Waals surface area (Å²) in [5, 5.41) is 6.15. The summed E-state index contributed by atoms with van der Waals surface area (Å²) in [7, 11) is 1.61. The van der Waals surface area contributed by atoms with Crippen LogP contribution in [0.4, 0.5) is 0 Å². The van der Waals surface area contributed by atoms with Gasteiger partial charge in [0.05, 0.1) is 18.9 Å². The first-order valence-corrected chi connectivity index (χ1v) is 7.51. The number of carbonyl (C=O) groups is 1. The number of aryl methyl sites for hydroxylation is 1. The highest BCUT2D eigenvalue weighted by molar-refractivity contribution is 6.03. The largest absolute Gasteiger partial charge is 0.496 e. The lowest BCUT2D eigenvalue weighted by atomic mass is 10.0. The molecule has 0 fully saturated rings. The number of benzene rings is 2. The summed E-state index contributed by atoms with van der Waals surface area (Å²) >= 11 is 0. The maximum Gasteiger partial charge on any atom is 0.272 e. The minimum Gasteiger partial charge on any atom is -0.496 e. The predicted molar refractivity (Wildman–Crippen MR) is 94.5 cm³/mol. The first-order valence-electron chi connectivity index (χ1n) is 7.51. The van der Waals surface area contributed by atoms with Crippen molar-refractivity contribution >= 4 is 22.9 Å². The number of aromatic nitrogens is 1. The Morgan fingerprint density at radius 2 is 2.00 bits per heavy atom. The van der Waals surface area contributed by atoms with Crippen LogP contribution in [-0.2, 0) is 0 Å². The Morgan fingerprint density at radius 3 is 2.75 bits per heavy atom. The molecule has 5 nitrogen and oxygen atoms in total. The summed E-state index contributed by atoms with van der Waals surface area (Å²) in [5.74, 6) is 0.390. The molecule has 0 aliphatic rings. The zero-order valence-corrected chi connectivity index (χ0v) is 13.5. The molecule has 3 rings (SSSR count). The van der Waals surface area contributed by atoms with Gasteiger partial charge in [-0.3, -0.25) is 9.78 Å². The summed E-state index contributed by atoms with van der Waals surface area (Å²) in [6.07, 6.45) is 3.12. The highest BCUT2D eigenvalue weighted by atomic mass is 16.5. The Kier molecular flexibility index (Phi) is 4.52. The van der Waals surface area contributed by atoms with Crippen LogP contribution >= 0.6 is 0 Å². The maximum atomic E-state index is 12.1. The van der Waals surface area contributed by atoms with Gasteiger partial charge in [-0.05, 0) is 35.9 Å². The molecule has 0 spiro atoms. The van der Waals surface area contributed by atoms with E-state index in [1.165, 1.54) is 6.20 Å². The molecule has 24 heavy (non-hydrogen) atoms. The van der Waals surface area contributed by atoms with Crippen LogP contribution in [-0.4, -0.2) is 24.2 Å². The molecule has 1 aromatic heterocycles. The fourth-order valence-corrected chi connectivity index (χ4v) is 2.41. The van der Waals surface area contributed by atoms with Gasteiger partial charge in [-0.15, -0.1) is 0 Å². The minimum atomic E-state index is -0.307. The van der Waals surface area contributed by atoms with Gasteiger partial charge in [-0.2, -0.15) is 5.10 Å². The standard InChI is InChI=1S/C19H17N3O2/c1-13-7-8-15(11-20-13)19(23)22-21-12-17-16-6-4-3-5-14(16)9-10-18(17)24-2/h3-12H,1-2H3,(H,22,23)/b21-12-. The van der Waals surface area contributed by atoms with Crippen molar-refractivity contribution in [2.45, 2.75) is 6.92 Å². The number of pyridine rings is 1. The van der Waals surface area contributed by atoms with Gasteiger partial charge in [0.2, 0.25) is 0 Å². The SMILES string of the molecule is COc1ccc2ccccc2c1/C=N\NC(=O)c1ccc(C)nc1. The second kappa shape index (κ2) is 6.91. The van der Waals surface area contributed by atoms with Gasteiger partial charge in [-0.1, -0.05) is 30.3 Å². The van der Waals surface area contributed by atoms with Crippen molar-refractivity contribution in [1.82, 2.24) is 10.4 Å². The van der Waals surface area contributed by atoms with Crippen LogP contribution < -0.4 is 10.2 Å². The molecule has 2 aromatic carbocycles. The number of hydrogen-bond acceptors (Lipinski definition) is 4. The van der Waals surface area contributed by atoms with Gasteiger partial charge in [0.1, 0.15) is 5.75 Å². The van der Waals surface area contributed by atoms with E-state index in [1.807, 2.05) is 43.3 Å². The number of rotatable bonds is 4. The molecule has 0 atom stereocenters. The van der Waals surface area contributed by atoms with E-state index in [2.05, 4.69) is 15.5 Å². The lowest BCUT2D eigenvalue weighted by molar-refractivity contribution is 0.0954. The zero-order valence-electron chi connectivity index (χ0n) is 13.5. The van der Waals surface area contributed by atoms with Crippen molar-refractivity contribution in [3.05, 3.63) is 71.5 Å². The normalized spacial score (nSPS) is 10.9. The van der Waals surface area contributed by atoms with Gasteiger partial charge < -0.3 is 4.74 Å². The molecule has 5 heteroatoms. The fourth-order valence-electron chi connectivity index (χ4n) is 2.41. The van der Waals surface area contributed by atoms with E-state index in [4.69, 9.17) is 4.74 Å². The quantitative estimate of drug-likeness (QED) is 0.593. The number of nitrogens with one attached hydrogen (secondary N) is 1. The predicted octanol–water partition coefficient (Wildman–Crippen LogP) is 3.32. The molecule has 0 saturated heterocycles. The molecule has 0 unspecified atom stereocenters. The monoisotopic (exact) mass is 319 g/mol. The van der Waals surface area contributed by atoms with Crippen LogP contribution in [0.3, 0.4) is 0 Å². The molecule has 0 aliphatic heterocycles. The highest BCUT2D eigenvalue weighted by Gasteiger charge is 2.07. The summed E-state index contributed by atoms with van der Waals surface area (Å²) in [6.45, 7) is 1.87. The van der Waals surface area contributed by atoms with Crippen molar-refractivity contribution in [1.29, 1.82) is 0 Å². The Morgan fingerprint density at radius 1 is 1.17 bits per heavy atom. The third kappa shape index (κ3) is 3.25. The van der Waals surface area contributed by atoms with Crippen LogP contribution in [0, 0.1) is 6.92 Å². The van der Waals surface area contributed by atoms with Crippen molar-refractivity contribution in [3.8, 4) is 5.75 Å². The van der Waals surface area contributed by atoms with Crippen LogP contribution in [0.5, 0.6) is 5.75 Å². The van der Waals surface area contributed by atoms with Crippen molar-refractivity contribution < 1.29 is 9.53 Å². The fraction of sp³-hybridized carbons (Fsp3) is 0.105. The molecule has 3 aromatic rings. The van der Waals surface area contributed by atoms with E-state index in [-0.39, 0.29) is 5.91 Å². The molecule has 120 valence electrons. The topological polar surface area (TPSA) is 63.6 Å². The second-order valence-corrected chi connectivity index (χ2v) is 5.29. The number of methoxy groups -OCH3 is 1. The molecule has 0 bridgehead atoms. The summed E-state index contributed by atoms with van der Waals surface area (Å²) in [6, 6.07) is 15.3. The van der Waals surface area contributed by atoms with Crippen molar-refractivity contribution in [3.63, 3.8) is 0 Å². The molecule has 1 heterocycles. The van der Waals surface area contributed by atoms with E-state index >= 15 is 0 Å². The molecule has 0 radical (unpaired) electrons. The van der Waals surface area contributed by atoms with Gasteiger partial charge in [0, 0.05) is 17.5 Å². The van der Waals surface area contributed by atoms with E-state index in [1.54, 1.807) is 25.5 Å². The smallest absolute Gasteiger partial charge is 0.272 e. The van der Waals surface area contributed by atoms with Gasteiger partial charge >= 0.3 is 0 Å². The molecular formula is C19H17N3O2. The number of fused-ring (bicyclic) bond motifs is 1. The average molecular weight is 319 g/mol. The third-order valence-corrected chi connectivity index (χ3v) is 3.68. The lowest BCUT2D eigenvalue weighted by Gasteiger charge is -2.08. The number of amides is 1. The maximum absolute atomic E-state index is 12.1. The Bertz CT molecular complexity index is 902. The number of hydrazone groups is 1. The van der Waals surface area contributed by atoms with Crippen molar-refractivity contribution in [2.75, 3.05) is 7.11 Å². The molecule has 0 aliphatic carbocycles. The lowest BCUT2D eigenvalue weighted by Crippen LogP contribution is -2.17. The van der Waals surface area contributed by atoms with E-state index in [0.717, 1.165) is 22.0 Å². The van der Waals surface area contributed by atoms with E-state index in [0.29, 0.717) is 11.3 Å². The van der Waals surface area contributed by atoms with Crippen molar-refractivity contribution in [2.24, 2.45) is 5.10 Å². The number of nitrogens with zero attached hydrogens (tertiary/aromatic N) is 2. The summed E-state index contributed by atoms with van der Waals surface area (Å²) < 4.78 is 5.39. The van der Waals surface area contributed by atoms with Crippen LogP contribution in [0.1, 0.15) is 21.6 Å². The zero-order chi connectivity index (χ0) is 16.9. The Balaban J connectivity index is 1.85. The summed E-state index contributed by atoms with van der Waals surface area (Å²) in [4.78, 5) is 16.2. The number of carbonyl (C=O) groups excluding carboxylic acids is 1. The molecule has 1 amide bonds. The Labute approximate surface area is 140 Å². The number of ether oxygens (including phenoxy) is 1. The minimum absolute atomic E-state index is 0.307. The van der Waals surface area contributed by atoms with Crippen LogP contribution in [0.25, 0.3) is 10.8 Å². The van der Waals surface area contributed by atoms with E-state index in [9.17, 15) is 4.79 Å². The van der Waals surface area contributed by atoms with Crippen LogP contribution in [0.2, 0.25) is 0 Å². The third-order valence-electron chi connectivity index (χ3n) is 3.68. The number of hydrogen-bond donors (Lipinski definition) is 1. The first kappa shape index (κ1) is 15.7. The summed E-state index contributed by atoms with van der Waals surface area (Å²) in [5.41, 5.74) is 4.65. The second-order valence-electron chi connectivity index (χ2n) is 5.29.